The van der Waals surface area contributed by atoms with Crippen LogP contribution in [0.3, 0.4) is 0 Å². The second-order valence-electron chi connectivity index (χ2n) is 4.64. The minimum Gasteiger partial charge on any atom is -0.270 e. The number of isocyanates is 1. The first kappa shape index (κ1) is 10.9. The normalized spacial score (nSPS) is 16.1. The van der Waals surface area contributed by atoms with Gasteiger partial charge in [-0.3, -0.25) is 4.68 Å². The molecule has 1 aliphatic carbocycles. The number of hydrogen-bond acceptors (Lipinski definition) is 3. The Bertz CT molecular complexity index is 620. The SMILES string of the molecule is Cn1nc(-c2ccccc2)cc1C1(N=C=O)CC1. The van der Waals surface area contributed by atoms with Crippen LogP contribution in [0.4, 0.5) is 0 Å². The minimum atomic E-state index is -0.365. The number of aliphatic imine (C=N–C) groups is 1. The van der Waals surface area contributed by atoms with Crippen molar-refractivity contribution in [2.75, 3.05) is 0 Å². The van der Waals surface area contributed by atoms with E-state index in [1.807, 2.05) is 48.1 Å². The molecular weight excluding hydrogens is 226 g/mol. The summed E-state index contributed by atoms with van der Waals surface area (Å²) < 4.78 is 1.82. The highest BCUT2D eigenvalue weighted by Gasteiger charge is 2.47. The van der Waals surface area contributed by atoms with Gasteiger partial charge in [0, 0.05) is 12.6 Å². The van der Waals surface area contributed by atoms with Crippen LogP contribution in [0.1, 0.15) is 18.5 Å². The van der Waals surface area contributed by atoms with E-state index >= 15 is 0 Å². The van der Waals surface area contributed by atoms with Crippen molar-refractivity contribution in [2.45, 2.75) is 18.4 Å². The van der Waals surface area contributed by atoms with E-state index in [2.05, 4.69) is 10.1 Å². The molecule has 2 aromatic rings. The first-order chi connectivity index (χ1) is 8.75. The van der Waals surface area contributed by atoms with E-state index in [0.717, 1.165) is 29.8 Å². The molecule has 4 nitrogen and oxygen atoms in total. The van der Waals surface area contributed by atoms with Crippen molar-refractivity contribution < 1.29 is 4.79 Å². The average molecular weight is 239 g/mol. The van der Waals surface area contributed by atoms with Crippen molar-refractivity contribution >= 4 is 6.08 Å². The van der Waals surface area contributed by atoms with E-state index < -0.39 is 0 Å². The van der Waals surface area contributed by atoms with Gasteiger partial charge in [0.25, 0.3) is 0 Å². The second-order valence-corrected chi connectivity index (χ2v) is 4.64. The van der Waals surface area contributed by atoms with Crippen LogP contribution < -0.4 is 0 Å². The van der Waals surface area contributed by atoms with Gasteiger partial charge >= 0.3 is 0 Å². The maximum absolute atomic E-state index is 10.5. The molecule has 1 aromatic carbocycles. The fourth-order valence-electron chi connectivity index (χ4n) is 2.28. The molecular formula is C14H13N3O. The average Bonchev–Trinajstić information content (AvgIpc) is 3.06. The van der Waals surface area contributed by atoms with Crippen LogP contribution in [-0.4, -0.2) is 15.9 Å². The minimum absolute atomic E-state index is 0.365. The van der Waals surface area contributed by atoms with Gasteiger partial charge < -0.3 is 0 Å². The molecule has 18 heavy (non-hydrogen) atoms. The molecule has 0 bridgehead atoms. The maximum atomic E-state index is 10.5. The lowest BCUT2D eigenvalue weighted by Crippen LogP contribution is -2.09. The second kappa shape index (κ2) is 3.93. The van der Waals surface area contributed by atoms with Gasteiger partial charge in [0.15, 0.2) is 0 Å². The lowest BCUT2D eigenvalue weighted by Gasteiger charge is -2.06. The summed E-state index contributed by atoms with van der Waals surface area (Å²) in [7, 11) is 1.89. The number of carbonyl (C=O) groups excluding carboxylic acids is 1. The van der Waals surface area contributed by atoms with Gasteiger partial charge in [-0.2, -0.15) is 10.1 Å². The Morgan fingerprint density at radius 3 is 2.67 bits per heavy atom. The first-order valence-corrected chi connectivity index (χ1v) is 5.94. The van der Waals surface area contributed by atoms with Gasteiger partial charge in [-0.05, 0) is 18.9 Å². The highest BCUT2D eigenvalue weighted by molar-refractivity contribution is 5.60. The van der Waals surface area contributed by atoms with Crippen molar-refractivity contribution in [1.29, 1.82) is 0 Å². The smallest absolute Gasteiger partial charge is 0.235 e. The Kier molecular flexibility index (Phi) is 2.39. The van der Waals surface area contributed by atoms with E-state index in [1.54, 1.807) is 6.08 Å². The zero-order valence-electron chi connectivity index (χ0n) is 10.1. The van der Waals surface area contributed by atoms with E-state index in [-0.39, 0.29) is 5.54 Å². The van der Waals surface area contributed by atoms with Crippen LogP contribution in [0, 0.1) is 0 Å². The molecule has 4 heteroatoms. The number of benzene rings is 1. The highest BCUT2D eigenvalue weighted by Crippen LogP contribution is 2.49. The molecule has 0 atom stereocenters. The number of aromatic nitrogens is 2. The zero-order chi connectivity index (χ0) is 12.6. The van der Waals surface area contributed by atoms with Crippen LogP contribution in [0.25, 0.3) is 11.3 Å². The van der Waals surface area contributed by atoms with Crippen molar-refractivity contribution in [1.82, 2.24) is 9.78 Å². The quantitative estimate of drug-likeness (QED) is 0.610. The Hall–Kier alpha value is -2.19. The molecule has 3 rings (SSSR count). The lowest BCUT2D eigenvalue weighted by molar-refractivity contribution is 0.549. The number of rotatable bonds is 3. The fourth-order valence-corrected chi connectivity index (χ4v) is 2.28. The zero-order valence-corrected chi connectivity index (χ0v) is 10.1. The molecule has 0 saturated heterocycles. The molecule has 0 amide bonds. The number of nitrogens with zero attached hydrogens (tertiary/aromatic N) is 3. The largest absolute Gasteiger partial charge is 0.270 e. The topological polar surface area (TPSA) is 47.2 Å². The van der Waals surface area contributed by atoms with Crippen LogP contribution in [0.15, 0.2) is 41.4 Å². The van der Waals surface area contributed by atoms with Gasteiger partial charge in [0.1, 0.15) is 5.54 Å². The predicted octanol–water partition coefficient (Wildman–Crippen LogP) is 2.41. The summed E-state index contributed by atoms with van der Waals surface area (Å²) in [4.78, 5) is 14.4. The van der Waals surface area contributed by atoms with Crippen LogP contribution >= 0.6 is 0 Å². The summed E-state index contributed by atoms with van der Waals surface area (Å²) in [6, 6.07) is 12.0. The molecule has 1 aromatic heterocycles. The fraction of sp³-hybridized carbons (Fsp3) is 0.286. The van der Waals surface area contributed by atoms with E-state index in [9.17, 15) is 4.79 Å². The van der Waals surface area contributed by atoms with Crippen LogP contribution in [0.2, 0.25) is 0 Å². The number of aryl methyl sites for hydroxylation is 1. The van der Waals surface area contributed by atoms with E-state index in [0.29, 0.717) is 0 Å². The maximum Gasteiger partial charge on any atom is 0.235 e. The summed E-state index contributed by atoms with van der Waals surface area (Å²) in [6.45, 7) is 0. The Morgan fingerprint density at radius 2 is 2.06 bits per heavy atom. The molecule has 1 aliphatic rings. The third kappa shape index (κ3) is 1.67. The molecule has 0 radical (unpaired) electrons. The Morgan fingerprint density at radius 1 is 1.33 bits per heavy atom. The number of hydrogen-bond donors (Lipinski definition) is 0. The van der Waals surface area contributed by atoms with Gasteiger partial charge in [-0.1, -0.05) is 30.3 Å². The van der Waals surface area contributed by atoms with Crippen LogP contribution in [-0.2, 0) is 17.4 Å². The Labute approximate surface area is 105 Å². The Balaban J connectivity index is 2.05. The molecule has 90 valence electrons. The summed E-state index contributed by atoms with van der Waals surface area (Å²) in [5.74, 6) is 0. The van der Waals surface area contributed by atoms with Gasteiger partial charge in [-0.15, -0.1) is 0 Å². The highest BCUT2D eigenvalue weighted by atomic mass is 16.1. The van der Waals surface area contributed by atoms with Crippen molar-refractivity contribution in [2.24, 2.45) is 12.0 Å². The van der Waals surface area contributed by atoms with E-state index in [4.69, 9.17) is 0 Å². The summed E-state index contributed by atoms with van der Waals surface area (Å²) in [5.41, 5.74) is 2.62. The summed E-state index contributed by atoms with van der Waals surface area (Å²) >= 11 is 0. The predicted molar refractivity (Wildman–Crippen MR) is 67.7 cm³/mol. The van der Waals surface area contributed by atoms with Gasteiger partial charge in [0.2, 0.25) is 6.08 Å². The first-order valence-electron chi connectivity index (χ1n) is 5.94. The molecule has 0 N–H and O–H groups in total. The van der Waals surface area contributed by atoms with Crippen LogP contribution in [0.5, 0.6) is 0 Å². The molecule has 0 aliphatic heterocycles. The van der Waals surface area contributed by atoms with Gasteiger partial charge in [-0.25, -0.2) is 4.79 Å². The lowest BCUT2D eigenvalue weighted by atomic mass is 10.1. The molecule has 1 fully saturated rings. The third-order valence-corrected chi connectivity index (χ3v) is 3.41. The molecule has 0 unspecified atom stereocenters. The van der Waals surface area contributed by atoms with Crippen molar-refractivity contribution in [3.63, 3.8) is 0 Å². The molecule has 0 spiro atoms. The molecule has 1 saturated carbocycles. The van der Waals surface area contributed by atoms with Crippen molar-refractivity contribution in [3.8, 4) is 11.3 Å². The van der Waals surface area contributed by atoms with Gasteiger partial charge in [0.05, 0.1) is 11.4 Å². The summed E-state index contributed by atoms with van der Waals surface area (Å²) in [6.07, 6.45) is 3.48. The standard InChI is InChI=1S/C14H13N3O/c1-17-13(14(7-8-14)15-10-18)9-12(16-17)11-5-3-2-4-6-11/h2-6,9H,7-8H2,1H3. The third-order valence-electron chi connectivity index (χ3n) is 3.41. The monoisotopic (exact) mass is 239 g/mol. The molecule has 1 heterocycles. The van der Waals surface area contributed by atoms with E-state index in [1.165, 1.54) is 0 Å². The van der Waals surface area contributed by atoms with Crippen molar-refractivity contribution in [3.05, 3.63) is 42.1 Å². The summed E-state index contributed by atoms with van der Waals surface area (Å²) in [5, 5.41) is 4.50.